The molecule has 0 fully saturated rings. The van der Waals surface area contributed by atoms with Crippen LogP contribution < -0.4 is 5.32 Å². The smallest absolute Gasteiger partial charge is 0.408 e. The number of methoxy groups -OCH3 is 1. The number of rotatable bonds is 3. The zero-order valence-electron chi connectivity index (χ0n) is 12.2. The Hall–Kier alpha value is -2.18. The fraction of sp³-hybridized carbons (Fsp3) is 0.429. The number of amides is 1. The van der Waals surface area contributed by atoms with Crippen LogP contribution in [0.1, 0.15) is 32.4 Å². The van der Waals surface area contributed by atoms with E-state index < -0.39 is 35.3 Å². The van der Waals surface area contributed by atoms with Gasteiger partial charge in [0.15, 0.2) is 6.04 Å². The summed E-state index contributed by atoms with van der Waals surface area (Å²) in [6, 6.07) is 1.08. The van der Waals surface area contributed by atoms with E-state index in [2.05, 4.69) is 10.1 Å². The lowest BCUT2D eigenvalue weighted by atomic mass is 10.1. The lowest BCUT2D eigenvalue weighted by molar-refractivity contribution is -0.143. The number of halogens is 2. The molecule has 0 aliphatic rings. The summed E-state index contributed by atoms with van der Waals surface area (Å²) in [6.45, 7) is 4.88. The van der Waals surface area contributed by atoms with Crippen LogP contribution in [0.4, 0.5) is 13.6 Å². The summed E-state index contributed by atoms with van der Waals surface area (Å²) in [7, 11) is 1.07. The molecule has 0 saturated carbocycles. The summed E-state index contributed by atoms with van der Waals surface area (Å²) in [4.78, 5) is 23.4. The maximum atomic E-state index is 13.7. The minimum atomic E-state index is -1.50. The van der Waals surface area contributed by atoms with Crippen molar-refractivity contribution in [2.75, 3.05) is 7.11 Å². The van der Waals surface area contributed by atoms with Crippen molar-refractivity contribution < 1.29 is 27.8 Å². The second-order valence-corrected chi connectivity index (χ2v) is 5.27. The van der Waals surface area contributed by atoms with Gasteiger partial charge in [0.25, 0.3) is 0 Å². The zero-order chi connectivity index (χ0) is 16.2. The summed E-state index contributed by atoms with van der Waals surface area (Å²) >= 11 is 0. The highest BCUT2D eigenvalue weighted by Crippen LogP contribution is 2.20. The van der Waals surface area contributed by atoms with Crippen LogP contribution >= 0.6 is 0 Å². The Kier molecular flexibility index (Phi) is 5.23. The number of hydrogen-bond donors (Lipinski definition) is 1. The number of benzene rings is 1. The standard InChI is InChI=1S/C14H17F2NO4/c1-14(2,3)21-13(19)17-11(12(18)20-4)9-7-8(15)5-6-10(9)16/h5-7,11H,1-4H3,(H,17,19)/t11-/m0/s1. The van der Waals surface area contributed by atoms with Crippen LogP contribution in [-0.2, 0) is 14.3 Å². The Labute approximate surface area is 121 Å². The molecule has 0 spiro atoms. The predicted octanol–water partition coefficient (Wildman–Crippen LogP) is 2.70. The van der Waals surface area contributed by atoms with E-state index in [1.54, 1.807) is 20.8 Å². The fourth-order valence-electron chi connectivity index (χ4n) is 1.54. The third-order valence-electron chi connectivity index (χ3n) is 2.37. The molecule has 0 saturated heterocycles. The highest BCUT2D eigenvalue weighted by atomic mass is 19.1. The predicted molar refractivity (Wildman–Crippen MR) is 70.5 cm³/mol. The van der Waals surface area contributed by atoms with Gasteiger partial charge in [-0.3, -0.25) is 0 Å². The van der Waals surface area contributed by atoms with Crippen LogP contribution in [0.25, 0.3) is 0 Å². The number of hydrogen-bond acceptors (Lipinski definition) is 4. The molecule has 1 amide bonds. The molecule has 0 aromatic heterocycles. The lowest BCUT2D eigenvalue weighted by Gasteiger charge is -2.23. The van der Waals surface area contributed by atoms with Crippen LogP contribution in [0.3, 0.4) is 0 Å². The molecule has 1 N–H and O–H groups in total. The van der Waals surface area contributed by atoms with Crippen molar-refractivity contribution in [2.24, 2.45) is 0 Å². The first-order chi connectivity index (χ1) is 9.64. The van der Waals surface area contributed by atoms with E-state index in [4.69, 9.17) is 4.74 Å². The molecule has 1 rings (SSSR count). The number of carbonyl (C=O) groups excluding carboxylic acids is 2. The molecule has 1 atom stereocenters. The van der Waals surface area contributed by atoms with Crippen molar-refractivity contribution in [3.05, 3.63) is 35.4 Å². The Morgan fingerprint density at radius 2 is 1.86 bits per heavy atom. The number of nitrogens with one attached hydrogen (secondary N) is 1. The topological polar surface area (TPSA) is 64.6 Å². The van der Waals surface area contributed by atoms with Gasteiger partial charge in [-0.15, -0.1) is 0 Å². The second-order valence-electron chi connectivity index (χ2n) is 5.27. The van der Waals surface area contributed by atoms with Crippen LogP contribution in [0.15, 0.2) is 18.2 Å². The van der Waals surface area contributed by atoms with Crippen molar-refractivity contribution in [1.82, 2.24) is 5.32 Å². The van der Waals surface area contributed by atoms with E-state index in [0.717, 1.165) is 25.3 Å². The maximum absolute atomic E-state index is 13.7. The monoisotopic (exact) mass is 301 g/mol. The summed E-state index contributed by atoms with van der Waals surface area (Å²) < 4.78 is 36.4. The molecular weight excluding hydrogens is 284 g/mol. The molecule has 21 heavy (non-hydrogen) atoms. The molecule has 0 bridgehead atoms. The normalized spacial score (nSPS) is 12.5. The molecule has 0 aliphatic heterocycles. The summed E-state index contributed by atoms with van der Waals surface area (Å²) in [5, 5.41) is 2.17. The molecule has 1 aromatic carbocycles. The van der Waals surface area contributed by atoms with E-state index in [-0.39, 0.29) is 5.56 Å². The fourth-order valence-corrected chi connectivity index (χ4v) is 1.54. The van der Waals surface area contributed by atoms with Crippen molar-refractivity contribution in [2.45, 2.75) is 32.4 Å². The molecule has 0 heterocycles. The average Bonchev–Trinajstić information content (AvgIpc) is 2.36. The maximum Gasteiger partial charge on any atom is 0.408 e. The highest BCUT2D eigenvalue weighted by molar-refractivity contribution is 5.82. The minimum Gasteiger partial charge on any atom is -0.467 e. The molecule has 0 aliphatic carbocycles. The van der Waals surface area contributed by atoms with Gasteiger partial charge in [0, 0.05) is 5.56 Å². The summed E-state index contributed by atoms with van der Waals surface area (Å²) in [6.07, 6.45) is -0.943. The minimum absolute atomic E-state index is 0.340. The largest absolute Gasteiger partial charge is 0.467 e. The summed E-state index contributed by atoms with van der Waals surface area (Å²) in [5.74, 6) is -2.53. The number of ether oxygens (including phenoxy) is 2. The first kappa shape index (κ1) is 16.9. The van der Waals surface area contributed by atoms with E-state index in [0.29, 0.717) is 0 Å². The van der Waals surface area contributed by atoms with E-state index in [9.17, 15) is 18.4 Å². The first-order valence-corrected chi connectivity index (χ1v) is 6.16. The van der Waals surface area contributed by atoms with Gasteiger partial charge in [0.05, 0.1) is 7.11 Å². The number of alkyl carbamates (subject to hydrolysis) is 1. The highest BCUT2D eigenvalue weighted by Gasteiger charge is 2.29. The Bertz CT molecular complexity index is 540. The Morgan fingerprint density at radius 1 is 1.24 bits per heavy atom. The van der Waals surface area contributed by atoms with Gasteiger partial charge in [-0.2, -0.15) is 0 Å². The Balaban J connectivity index is 3.04. The Morgan fingerprint density at radius 3 is 2.38 bits per heavy atom. The molecule has 1 aromatic rings. The SMILES string of the molecule is COC(=O)[C@@H](NC(=O)OC(C)(C)C)c1cc(F)ccc1F. The molecular formula is C14H17F2NO4. The van der Waals surface area contributed by atoms with Crippen LogP contribution in [0.2, 0.25) is 0 Å². The summed E-state index contributed by atoms with van der Waals surface area (Å²) in [5.41, 5.74) is -1.14. The third-order valence-corrected chi connectivity index (χ3v) is 2.37. The van der Waals surface area contributed by atoms with E-state index in [1.807, 2.05) is 0 Å². The van der Waals surface area contributed by atoms with Gasteiger partial charge in [-0.05, 0) is 39.0 Å². The van der Waals surface area contributed by atoms with E-state index in [1.165, 1.54) is 0 Å². The molecule has 0 radical (unpaired) electrons. The van der Waals surface area contributed by atoms with Crippen molar-refractivity contribution in [3.8, 4) is 0 Å². The van der Waals surface area contributed by atoms with Gasteiger partial charge in [0.1, 0.15) is 17.2 Å². The lowest BCUT2D eigenvalue weighted by Crippen LogP contribution is -2.39. The van der Waals surface area contributed by atoms with Gasteiger partial charge in [-0.25, -0.2) is 18.4 Å². The first-order valence-electron chi connectivity index (χ1n) is 6.16. The molecule has 5 nitrogen and oxygen atoms in total. The van der Waals surface area contributed by atoms with Gasteiger partial charge in [0.2, 0.25) is 0 Å². The number of carbonyl (C=O) groups is 2. The second kappa shape index (κ2) is 6.51. The van der Waals surface area contributed by atoms with Gasteiger partial charge in [-0.1, -0.05) is 0 Å². The molecule has 0 unspecified atom stereocenters. The van der Waals surface area contributed by atoms with Crippen molar-refractivity contribution in [1.29, 1.82) is 0 Å². The van der Waals surface area contributed by atoms with E-state index >= 15 is 0 Å². The van der Waals surface area contributed by atoms with Gasteiger partial charge >= 0.3 is 12.1 Å². The van der Waals surface area contributed by atoms with Crippen LogP contribution in [-0.4, -0.2) is 24.8 Å². The van der Waals surface area contributed by atoms with Crippen molar-refractivity contribution >= 4 is 12.1 Å². The van der Waals surface area contributed by atoms with Crippen molar-refractivity contribution in [3.63, 3.8) is 0 Å². The van der Waals surface area contributed by atoms with Gasteiger partial charge < -0.3 is 14.8 Å². The van der Waals surface area contributed by atoms with Crippen LogP contribution in [0, 0.1) is 11.6 Å². The third kappa shape index (κ3) is 5.02. The zero-order valence-corrected chi connectivity index (χ0v) is 12.2. The molecule has 116 valence electrons. The average molecular weight is 301 g/mol. The number of esters is 1. The molecule has 7 heteroatoms. The quantitative estimate of drug-likeness (QED) is 0.872. The van der Waals surface area contributed by atoms with Crippen LogP contribution in [0.5, 0.6) is 0 Å².